The molecule has 0 aromatic heterocycles. The molecule has 0 aliphatic heterocycles. The van der Waals surface area contributed by atoms with E-state index in [-0.39, 0.29) is 0 Å². The van der Waals surface area contributed by atoms with E-state index in [0.29, 0.717) is 12.8 Å². The Morgan fingerprint density at radius 2 is 1.54 bits per heavy atom. The highest BCUT2D eigenvalue weighted by Gasteiger charge is 2.16. The first-order valence-corrected chi connectivity index (χ1v) is 19.0. The maximum atomic E-state index is 10.1. The number of unbranched alkanes of at least 4 members (excludes halogenated alkanes) is 3. The second kappa shape index (κ2) is 38.1. The maximum absolute atomic E-state index is 10.1. The summed E-state index contributed by atoms with van der Waals surface area (Å²) >= 11 is 0. The molecule has 0 atom stereocenters. The van der Waals surface area contributed by atoms with Crippen LogP contribution in [0.25, 0.3) is 0 Å². The van der Waals surface area contributed by atoms with Gasteiger partial charge < -0.3 is 15.2 Å². The number of carboxylic acid groups (broad SMARTS) is 1. The van der Waals surface area contributed by atoms with Gasteiger partial charge in [0.2, 0.25) is 0 Å². The molecule has 0 heterocycles. The van der Waals surface area contributed by atoms with Crippen LogP contribution in [0.3, 0.4) is 0 Å². The van der Waals surface area contributed by atoms with Crippen LogP contribution in [0.15, 0.2) is 54.6 Å². The molecule has 5 nitrogen and oxygen atoms in total. The number of aryl methyl sites for hydroxylation is 1. The van der Waals surface area contributed by atoms with Crippen molar-refractivity contribution in [1.82, 2.24) is 5.32 Å². The average molecular weight is 663 g/mol. The van der Waals surface area contributed by atoms with Gasteiger partial charge in [-0.05, 0) is 95.0 Å². The minimum Gasteiger partial charge on any atom is -0.481 e. The smallest absolute Gasteiger partial charge is 0.303 e. The van der Waals surface area contributed by atoms with E-state index in [1.807, 2.05) is 26.8 Å². The van der Waals surface area contributed by atoms with Crippen LogP contribution in [0.5, 0.6) is 0 Å². The van der Waals surface area contributed by atoms with Gasteiger partial charge in [-0.25, -0.2) is 0 Å². The molecule has 3 fully saturated rings. The summed E-state index contributed by atoms with van der Waals surface area (Å²) in [5.41, 5.74) is 1.47. The number of carbonyl (C=O) groups is 2. The summed E-state index contributed by atoms with van der Waals surface area (Å²) in [6.45, 7) is 8.09. The second-order valence-electron chi connectivity index (χ2n) is 12.3. The number of hydrogen-bond donors (Lipinski definition) is 2. The quantitative estimate of drug-likeness (QED) is 0.0548. The monoisotopic (exact) mass is 663 g/mol. The van der Waals surface area contributed by atoms with E-state index in [0.717, 1.165) is 56.1 Å². The van der Waals surface area contributed by atoms with Crippen LogP contribution in [0.4, 0.5) is 0 Å². The number of nitrogens with zero attached hydrogens (tertiary/aromatic N) is 1. The molecule has 0 unspecified atom stereocenters. The van der Waals surface area contributed by atoms with Crippen molar-refractivity contribution in [1.29, 1.82) is 5.26 Å². The fraction of sp³-hybridized carbons (Fsp3) is 0.651. The molecular weight excluding hydrogens is 592 g/mol. The maximum Gasteiger partial charge on any atom is 0.303 e. The Balaban J connectivity index is 0. The van der Waals surface area contributed by atoms with E-state index >= 15 is 0 Å². The van der Waals surface area contributed by atoms with Gasteiger partial charge in [0, 0.05) is 32.2 Å². The van der Waals surface area contributed by atoms with Crippen molar-refractivity contribution in [2.24, 2.45) is 17.8 Å². The first-order valence-electron chi connectivity index (χ1n) is 19.0. The minimum absolute atomic E-state index is 0.358. The van der Waals surface area contributed by atoms with Gasteiger partial charge in [0.25, 0.3) is 0 Å². The van der Waals surface area contributed by atoms with Crippen molar-refractivity contribution in [2.45, 2.75) is 156 Å². The highest BCUT2D eigenvalue weighted by atomic mass is 16.4. The molecule has 4 rings (SSSR count). The highest BCUT2D eigenvalue weighted by molar-refractivity contribution is 5.66. The molecule has 0 spiro atoms. The molecule has 0 bridgehead atoms. The van der Waals surface area contributed by atoms with Crippen molar-refractivity contribution in [3.8, 4) is 18.0 Å². The Morgan fingerprint density at radius 3 is 2.02 bits per heavy atom. The van der Waals surface area contributed by atoms with E-state index in [4.69, 9.17) is 10.4 Å². The fourth-order valence-corrected chi connectivity index (χ4v) is 5.12. The number of allylic oxidation sites excluding steroid dienone is 4. The third kappa shape index (κ3) is 32.6. The Kier molecular flexibility index (Phi) is 37.2. The summed E-state index contributed by atoms with van der Waals surface area (Å²) in [7, 11) is 1.57. The number of hydrogen-bond acceptors (Lipinski definition) is 4. The molecule has 1 aromatic carbocycles. The molecule has 0 amide bonds. The van der Waals surface area contributed by atoms with Crippen molar-refractivity contribution < 1.29 is 14.7 Å². The van der Waals surface area contributed by atoms with Gasteiger partial charge in [-0.3, -0.25) is 4.79 Å². The van der Waals surface area contributed by atoms with Gasteiger partial charge in [0.15, 0.2) is 6.19 Å². The van der Waals surface area contributed by atoms with Gasteiger partial charge in [-0.15, -0.1) is 5.92 Å². The fourth-order valence-electron chi connectivity index (χ4n) is 5.12. The lowest BCUT2D eigenvalue weighted by Gasteiger charge is -2.24. The lowest BCUT2D eigenvalue weighted by atomic mass is 9.82. The second-order valence-corrected chi connectivity index (χ2v) is 12.3. The summed E-state index contributed by atoms with van der Waals surface area (Å²) in [6.07, 6.45) is 35.3. The molecule has 5 heteroatoms. The van der Waals surface area contributed by atoms with Crippen molar-refractivity contribution in [3.63, 3.8) is 0 Å². The predicted octanol–water partition coefficient (Wildman–Crippen LogP) is 11.6. The average Bonchev–Trinajstić information content (AvgIpc) is 3.60. The van der Waals surface area contributed by atoms with Crippen LogP contribution in [-0.4, -0.2) is 24.4 Å². The zero-order valence-electron chi connectivity index (χ0n) is 31.4. The van der Waals surface area contributed by atoms with Crippen LogP contribution < -0.4 is 5.32 Å². The normalized spacial score (nSPS) is 14.8. The number of nitrogens with one attached hydrogen (secondary N) is 1. The molecule has 2 N–H and O–H groups in total. The number of carbonyl (C=O) groups excluding carboxylic acids is 1. The molecule has 270 valence electrons. The Morgan fingerprint density at radius 1 is 0.917 bits per heavy atom. The topological polar surface area (TPSA) is 90.2 Å². The molecule has 48 heavy (non-hydrogen) atoms. The van der Waals surface area contributed by atoms with E-state index in [2.05, 4.69) is 72.6 Å². The lowest BCUT2D eigenvalue weighted by Crippen LogP contribution is -2.11. The first kappa shape index (κ1) is 46.8. The first-order chi connectivity index (χ1) is 23.5. The van der Waals surface area contributed by atoms with Crippen LogP contribution in [-0.2, 0) is 16.0 Å². The lowest BCUT2D eigenvalue weighted by molar-refractivity contribution is -0.137. The summed E-state index contributed by atoms with van der Waals surface area (Å²) in [5, 5.41) is 18.1. The van der Waals surface area contributed by atoms with Crippen molar-refractivity contribution in [2.75, 3.05) is 7.05 Å². The van der Waals surface area contributed by atoms with Gasteiger partial charge in [-0.1, -0.05) is 120 Å². The van der Waals surface area contributed by atoms with Crippen LogP contribution >= 0.6 is 0 Å². The number of benzene rings is 1. The summed E-state index contributed by atoms with van der Waals surface area (Å²) in [5.74, 6) is 8.20. The molecule has 3 aliphatic carbocycles. The predicted molar refractivity (Wildman–Crippen MR) is 205 cm³/mol. The number of rotatable bonds is 13. The van der Waals surface area contributed by atoms with E-state index in [1.165, 1.54) is 89.0 Å². The van der Waals surface area contributed by atoms with Gasteiger partial charge in [-0.2, -0.15) is 5.26 Å². The zero-order chi connectivity index (χ0) is 35.9. The van der Waals surface area contributed by atoms with E-state index < -0.39 is 5.97 Å². The van der Waals surface area contributed by atoms with Crippen molar-refractivity contribution in [3.05, 3.63) is 60.2 Å². The summed E-state index contributed by atoms with van der Waals surface area (Å²) < 4.78 is 0. The number of aliphatic carboxylic acids is 1. The highest BCUT2D eigenvalue weighted by Crippen LogP contribution is 2.30. The molecule has 1 aromatic rings. The minimum atomic E-state index is -0.653. The van der Waals surface area contributed by atoms with Crippen LogP contribution in [0, 0.1) is 41.0 Å². The molecule has 0 saturated heterocycles. The van der Waals surface area contributed by atoms with Gasteiger partial charge in [0.1, 0.15) is 6.29 Å². The Hall–Kier alpha value is -3.31. The number of nitriles is 1. The summed E-state index contributed by atoms with van der Waals surface area (Å²) in [4.78, 5) is 19.8. The standard InChI is InChI=1S/C16H22.C8H14O2.C8H12.C7H12O.C2H4N2.C2H6/c1-3-9-15(10-4-1)11-5-2-6-12-16-13-7-8-14-16;9-8(10)6-2-5-7-3-1-4-7;1-2-3-5-8-6-4-7-8;1-2-3-4-5-6-7-8;1-4-2-3;1-2/h1,3-4,6,9-10,12,16H,2,5,7-8,11,13-14H2;7H,1-6H2,(H,9,10);8H,2,4,6-7H2,1H3;2-3,7H,4-6H2,1H3;4H,1H3;1-2H3/b12-6+;;;3-2-;;. The van der Waals surface area contributed by atoms with Gasteiger partial charge in [0.05, 0.1) is 0 Å². The van der Waals surface area contributed by atoms with E-state index in [9.17, 15) is 9.59 Å². The third-order valence-corrected chi connectivity index (χ3v) is 8.34. The Bertz CT molecular complexity index is 1000. The third-order valence-electron chi connectivity index (χ3n) is 8.34. The van der Waals surface area contributed by atoms with Crippen LogP contribution in [0.2, 0.25) is 0 Å². The summed E-state index contributed by atoms with van der Waals surface area (Å²) in [6, 6.07) is 10.8. The SMILES string of the molecule is C(=C\C1CCCC1)/CCCc1ccccc1.C/C=C\CCCC=O.CC.CCC#CC1CCC1.CNC#N.O=C(O)CCCC1CCC1. The molecule has 3 saturated carbocycles. The van der Waals surface area contributed by atoms with E-state index in [1.54, 1.807) is 13.2 Å². The molecule has 3 aliphatic rings. The van der Waals surface area contributed by atoms with Crippen LogP contribution in [0.1, 0.15) is 155 Å². The molecular formula is C43H70N2O3. The zero-order valence-corrected chi connectivity index (χ0v) is 31.4. The Labute approximate surface area is 296 Å². The van der Waals surface area contributed by atoms with Crippen molar-refractivity contribution >= 4 is 12.3 Å². The molecule has 0 radical (unpaired) electrons. The number of carboxylic acids is 1. The number of aldehydes is 1. The largest absolute Gasteiger partial charge is 0.481 e. The van der Waals surface area contributed by atoms with Gasteiger partial charge >= 0.3 is 5.97 Å².